The van der Waals surface area contributed by atoms with Gasteiger partial charge in [0.25, 0.3) is 5.69 Å². The number of ether oxygens (including phenoxy) is 1. The van der Waals surface area contributed by atoms with Crippen LogP contribution in [0.2, 0.25) is 0 Å². The Morgan fingerprint density at radius 3 is 2.76 bits per heavy atom. The lowest BCUT2D eigenvalue weighted by atomic mass is 10.1. The Labute approximate surface area is 125 Å². The lowest BCUT2D eigenvalue weighted by Crippen LogP contribution is -1.94. The Hall–Kier alpha value is -2.47. The van der Waals surface area contributed by atoms with Gasteiger partial charge in [0.1, 0.15) is 0 Å². The molecule has 5 nitrogen and oxygen atoms in total. The minimum atomic E-state index is -0.416. The van der Waals surface area contributed by atoms with Crippen molar-refractivity contribution in [2.24, 2.45) is 0 Å². The summed E-state index contributed by atoms with van der Waals surface area (Å²) in [5, 5.41) is 10.8. The summed E-state index contributed by atoms with van der Waals surface area (Å²) in [7, 11) is 1.33. The predicted molar refractivity (Wildman–Crippen MR) is 82.1 cm³/mol. The maximum Gasteiger partial charge on any atom is 0.330 e. The van der Waals surface area contributed by atoms with Gasteiger partial charge in [-0.1, -0.05) is 12.1 Å². The normalized spacial score (nSPS) is 11.2. The van der Waals surface area contributed by atoms with Crippen LogP contribution in [0.3, 0.4) is 0 Å². The van der Waals surface area contributed by atoms with Crippen molar-refractivity contribution in [1.29, 1.82) is 0 Å². The van der Waals surface area contributed by atoms with E-state index in [0.29, 0.717) is 0 Å². The van der Waals surface area contributed by atoms with E-state index in [1.54, 1.807) is 6.07 Å². The number of carbonyl (C=O) groups excluding carboxylic acids is 1. The molecule has 0 fully saturated rings. The third-order valence-corrected chi connectivity index (χ3v) is 4.14. The summed E-state index contributed by atoms with van der Waals surface area (Å²) < 4.78 is 4.59. The van der Waals surface area contributed by atoms with Crippen molar-refractivity contribution in [2.75, 3.05) is 7.11 Å². The zero-order valence-corrected chi connectivity index (χ0v) is 12.3. The summed E-state index contributed by atoms with van der Waals surface area (Å²) in [6.45, 7) is 1.82. The Bertz CT molecular complexity index is 718. The highest BCUT2D eigenvalue weighted by Gasteiger charge is 2.10. The molecule has 0 bridgehead atoms. The molecule has 1 aromatic carbocycles. The van der Waals surface area contributed by atoms with E-state index in [0.717, 1.165) is 20.9 Å². The van der Waals surface area contributed by atoms with Crippen LogP contribution in [0.1, 0.15) is 11.8 Å². The number of allylic oxidation sites excluding steroid dienone is 1. The lowest BCUT2D eigenvalue weighted by Gasteiger charge is -1.98. The summed E-state index contributed by atoms with van der Waals surface area (Å²) in [5.74, 6) is -0.405. The van der Waals surface area contributed by atoms with Crippen molar-refractivity contribution < 1.29 is 14.5 Å². The van der Waals surface area contributed by atoms with Crippen LogP contribution in [0.25, 0.3) is 16.0 Å². The molecule has 0 saturated heterocycles. The average Bonchev–Trinajstić information content (AvgIpc) is 2.97. The van der Waals surface area contributed by atoms with E-state index >= 15 is 0 Å². The van der Waals surface area contributed by atoms with Crippen LogP contribution in [-0.2, 0) is 9.53 Å². The van der Waals surface area contributed by atoms with Crippen LogP contribution >= 0.6 is 11.3 Å². The second-order valence-corrected chi connectivity index (χ2v) is 5.41. The van der Waals surface area contributed by atoms with E-state index in [9.17, 15) is 14.9 Å². The first-order valence-corrected chi connectivity index (χ1v) is 6.94. The largest absolute Gasteiger partial charge is 0.466 e. The number of nitro groups is 1. The van der Waals surface area contributed by atoms with Gasteiger partial charge in [0.15, 0.2) is 0 Å². The summed E-state index contributed by atoms with van der Waals surface area (Å²) in [4.78, 5) is 23.4. The second-order valence-electron chi connectivity index (χ2n) is 4.32. The second kappa shape index (κ2) is 6.32. The molecule has 0 unspecified atom stereocenters. The van der Waals surface area contributed by atoms with Crippen LogP contribution in [0, 0.1) is 10.1 Å². The molecule has 21 heavy (non-hydrogen) atoms. The fourth-order valence-electron chi connectivity index (χ4n) is 1.78. The van der Waals surface area contributed by atoms with Crippen molar-refractivity contribution in [3.63, 3.8) is 0 Å². The molecule has 2 aromatic rings. The standard InChI is InChI=1S/C15H13NO4S/c1-10(8-15(17)20-2)13-6-7-14(21-13)11-4-3-5-12(9-11)16(18)19/h3-9H,1-2H3/b10-8+. The first kappa shape index (κ1) is 14.9. The van der Waals surface area contributed by atoms with Gasteiger partial charge < -0.3 is 4.74 Å². The van der Waals surface area contributed by atoms with Crippen molar-refractivity contribution >= 4 is 28.6 Å². The van der Waals surface area contributed by atoms with Gasteiger partial charge in [0.05, 0.1) is 12.0 Å². The van der Waals surface area contributed by atoms with Gasteiger partial charge in [0.2, 0.25) is 0 Å². The highest BCUT2D eigenvalue weighted by molar-refractivity contribution is 7.16. The molecule has 1 heterocycles. The molecule has 0 spiro atoms. The maximum atomic E-state index is 11.2. The van der Waals surface area contributed by atoms with E-state index in [-0.39, 0.29) is 5.69 Å². The maximum absolute atomic E-state index is 11.2. The van der Waals surface area contributed by atoms with Gasteiger partial charge in [-0.15, -0.1) is 11.3 Å². The molecule has 0 saturated carbocycles. The van der Waals surface area contributed by atoms with Gasteiger partial charge in [-0.25, -0.2) is 4.79 Å². The van der Waals surface area contributed by atoms with Crippen LogP contribution in [0.15, 0.2) is 42.5 Å². The first-order chi connectivity index (χ1) is 10.0. The van der Waals surface area contributed by atoms with Crippen molar-refractivity contribution in [3.05, 3.63) is 57.5 Å². The van der Waals surface area contributed by atoms with E-state index in [4.69, 9.17) is 0 Å². The Balaban J connectivity index is 2.32. The SMILES string of the molecule is COC(=O)/C=C(\C)c1ccc(-c2cccc([N+](=O)[O-])c2)s1. The molecule has 0 aliphatic rings. The Kier molecular flexibility index (Phi) is 4.49. The first-order valence-electron chi connectivity index (χ1n) is 6.12. The average molecular weight is 303 g/mol. The quantitative estimate of drug-likeness (QED) is 0.372. The number of hydrogen-bond donors (Lipinski definition) is 0. The minimum absolute atomic E-state index is 0.0595. The molecule has 0 aliphatic heterocycles. The molecule has 0 radical (unpaired) electrons. The Morgan fingerprint density at radius 2 is 2.10 bits per heavy atom. The van der Waals surface area contributed by atoms with Crippen molar-refractivity contribution in [2.45, 2.75) is 6.92 Å². The number of carbonyl (C=O) groups is 1. The molecule has 0 N–H and O–H groups in total. The summed E-state index contributed by atoms with van der Waals surface area (Å²) in [6, 6.07) is 10.2. The number of hydrogen-bond acceptors (Lipinski definition) is 5. The molecule has 108 valence electrons. The summed E-state index contributed by atoms with van der Waals surface area (Å²) in [6.07, 6.45) is 1.42. The fraction of sp³-hybridized carbons (Fsp3) is 0.133. The zero-order valence-electron chi connectivity index (χ0n) is 11.5. The van der Waals surface area contributed by atoms with Crippen LogP contribution in [0.4, 0.5) is 5.69 Å². The number of nitro benzene ring substituents is 1. The number of benzene rings is 1. The predicted octanol–water partition coefficient (Wildman–Crippen LogP) is 3.90. The van der Waals surface area contributed by atoms with Gasteiger partial charge in [-0.3, -0.25) is 10.1 Å². The molecular formula is C15H13NO4S. The van der Waals surface area contributed by atoms with Crippen molar-refractivity contribution in [1.82, 2.24) is 0 Å². The zero-order chi connectivity index (χ0) is 15.4. The number of rotatable bonds is 4. The third kappa shape index (κ3) is 3.55. The number of thiophene rings is 1. The smallest absolute Gasteiger partial charge is 0.330 e. The van der Waals surface area contributed by atoms with Crippen molar-refractivity contribution in [3.8, 4) is 10.4 Å². The molecular weight excluding hydrogens is 290 g/mol. The minimum Gasteiger partial charge on any atom is -0.466 e. The van der Waals surface area contributed by atoms with Gasteiger partial charge in [-0.2, -0.15) is 0 Å². The lowest BCUT2D eigenvalue weighted by molar-refractivity contribution is -0.384. The molecule has 6 heteroatoms. The van der Waals surface area contributed by atoms with E-state index in [1.165, 1.54) is 36.7 Å². The topological polar surface area (TPSA) is 69.4 Å². The molecule has 0 atom stereocenters. The molecule has 0 amide bonds. The number of nitrogens with zero attached hydrogens (tertiary/aromatic N) is 1. The monoisotopic (exact) mass is 303 g/mol. The number of non-ortho nitro benzene ring substituents is 1. The highest BCUT2D eigenvalue weighted by Crippen LogP contribution is 2.33. The van der Waals surface area contributed by atoms with E-state index in [1.807, 2.05) is 25.1 Å². The van der Waals surface area contributed by atoms with Gasteiger partial charge in [0, 0.05) is 28.0 Å². The Morgan fingerprint density at radius 1 is 1.33 bits per heavy atom. The highest BCUT2D eigenvalue weighted by atomic mass is 32.1. The molecule has 0 aliphatic carbocycles. The van der Waals surface area contributed by atoms with Crippen LogP contribution in [-0.4, -0.2) is 18.0 Å². The molecule has 1 aromatic heterocycles. The van der Waals surface area contributed by atoms with Crippen LogP contribution in [0.5, 0.6) is 0 Å². The summed E-state index contributed by atoms with van der Waals surface area (Å²) >= 11 is 1.47. The van der Waals surface area contributed by atoms with E-state index < -0.39 is 10.9 Å². The fourth-order valence-corrected chi connectivity index (χ4v) is 2.76. The summed E-state index contributed by atoms with van der Waals surface area (Å²) in [5.41, 5.74) is 1.64. The number of methoxy groups -OCH3 is 1. The van der Waals surface area contributed by atoms with Gasteiger partial charge >= 0.3 is 5.97 Å². The van der Waals surface area contributed by atoms with E-state index in [2.05, 4.69) is 4.74 Å². The number of esters is 1. The molecule has 2 rings (SSSR count). The van der Waals surface area contributed by atoms with Gasteiger partial charge in [-0.05, 0) is 30.2 Å². The third-order valence-electron chi connectivity index (χ3n) is 2.87. The van der Waals surface area contributed by atoms with Crippen LogP contribution < -0.4 is 0 Å².